The molecule has 0 bridgehead atoms. The van der Waals surface area contributed by atoms with E-state index in [0.29, 0.717) is 18.8 Å². The molecule has 0 aliphatic carbocycles. The van der Waals surface area contributed by atoms with Crippen molar-refractivity contribution < 1.29 is 9.53 Å². The second kappa shape index (κ2) is 9.91. The number of carbonyl (C=O) groups excluding carboxylic acids is 1. The van der Waals surface area contributed by atoms with Crippen molar-refractivity contribution in [2.45, 2.75) is 26.5 Å². The van der Waals surface area contributed by atoms with Crippen molar-refractivity contribution in [2.75, 3.05) is 26.2 Å². The molecule has 0 saturated carbocycles. The van der Waals surface area contributed by atoms with Crippen molar-refractivity contribution in [1.82, 2.24) is 19.8 Å². The molecule has 3 heterocycles. The predicted molar refractivity (Wildman–Crippen MR) is 136 cm³/mol. The van der Waals surface area contributed by atoms with Gasteiger partial charge in [0.15, 0.2) is 0 Å². The van der Waals surface area contributed by atoms with Gasteiger partial charge in [-0.3, -0.25) is 14.7 Å². The fourth-order valence-electron chi connectivity index (χ4n) is 4.26. The zero-order chi connectivity index (χ0) is 23.5. The monoisotopic (exact) mass is 472 g/mol. The topological polar surface area (TPSA) is 58.6 Å². The van der Waals surface area contributed by atoms with E-state index in [-0.39, 0.29) is 12.0 Å². The van der Waals surface area contributed by atoms with Crippen LogP contribution in [0.15, 0.2) is 66.2 Å². The lowest BCUT2D eigenvalue weighted by Crippen LogP contribution is -2.48. The van der Waals surface area contributed by atoms with Crippen LogP contribution in [-0.2, 0) is 6.54 Å². The number of amides is 1. The summed E-state index contributed by atoms with van der Waals surface area (Å²) in [5, 5.41) is 3.88. The molecule has 1 aliphatic heterocycles. The minimum Gasteiger partial charge on any atom is -0.491 e. The molecule has 4 aromatic rings. The molecular weight excluding hydrogens is 444 g/mol. The van der Waals surface area contributed by atoms with Crippen LogP contribution in [0.4, 0.5) is 0 Å². The van der Waals surface area contributed by atoms with Gasteiger partial charge < -0.3 is 9.64 Å². The molecule has 2 aromatic heterocycles. The van der Waals surface area contributed by atoms with Gasteiger partial charge >= 0.3 is 0 Å². The normalized spacial score (nSPS) is 14.6. The molecule has 0 N–H and O–H groups in total. The molecule has 0 spiro atoms. The summed E-state index contributed by atoms with van der Waals surface area (Å²) in [5.41, 5.74) is 3.80. The van der Waals surface area contributed by atoms with Gasteiger partial charge in [-0.2, -0.15) is 0 Å². The third-order valence-electron chi connectivity index (χ3n) is 5.97. The maximum absolute atomic E-state index is 13.1. The van der Waals surface area contributed by atoms with Gasteiger partial charge in [-0.15, -0.1) is 11.3 Å². The number of benzene rings is 2. The molecule has 6 nitrogen and oxygen atoms in total. The number of nitrogens with zero attached hydrogens (tertiary/aromatic N) is 4. The largest absolute Gasteiger partial charge is 0.491 e. The molecule has 0 atom stereocenters. The first-order valence-corrected chi connectivity index (χ1v) is 12.5. The minimum atomic E-state index is 0.00809. The summed E-state index contributed by atoms with van der Waals surface area (Å²) in [6.45, 7) is 7.93. The lowest BCUT2D eigenvalue weighted by Gasteiger charge is -2.34. The number of hydrogen-bond donors (Lipinski definition) is 0. The number of piperazine rings is 1. The number of aromatic nitrogens is 2. The highest BCUT2D eigenvalue weighted by Gasteiger charge is 2.24. The fraction of sp³-hybridized carbons (Fsp3) is 0.296. The Kier molecular flexibility index (Phi) is 6.56. The van der Waals surface area contributed by atoms with Crippen LogP contribution in [0.2, 0.25) is 0 Å². The summed E-state index contributed by atoms with van der Waals surface area (Å²) in [6.07, 6.45) is 1.98. The summed E-state index contributed by atoms with van der Waals surface area (Å²) < 4.78 is 5.71. The molecule has 1 saturated heterocycles. The highest BCUT2D eigenvalue weighted by Crippen LogP contribution is 2.27. The van der Waals surface area contributed by atoms with Crippen LogP contribution in [-0.4, -0.2) is 58.0 Å². The second-order valence-electron chi connectivity index (χ2n) is 8.79. The zero-order valence-corrected chi connectivity index (χ0v) is 20.3. The minimum absolute atomic E-state index is 0.00809. The number of ether oxygens (including phenoxy) is 1. The van der Waals surface area contributed by atoms with Crippen LogP contribution >= 0.6 is 11.3 Å². The fourth-order valence-corrected chi connectivity index (χ4v) is 5.06. The smallest absolute Gasteiger partial charge is 0.273 e. The quantitative estimate of drug-likeness (QED) is 0.391. The maximum Gasteiger partial charge on any atom is 0.273 e. The van der Waals surface area contributed by atoms with Gasteiger partial charge in [0.2, 0.25) is 0 Å². The third kappa shape index (κ3) is 4.95. The van der Waals surface area contributed by atoms with Crippen LogP contribution in [0, 0.1) is 0 Å². The Morgan fingerprint density at radius 1 is 1.03 bits per heavy atom. The van der Waals surface area contributed by atoms with E-state index in [1.807, 2.05) is 60.7 Å². The number of carbonyl (C=O) groups is 1. The number of fused-ring (bicyclic) bond motifs is 1. The van der Waals surface area contributed by atoms with Crippen LogP contribution in [0.5, 0.6) is 5.75 Å². The Morgan fingerprint density at radius 3 is 2.56 bits per heavy atom. The third-order valence-corrected chi connectivity index (χ3v) is 6.86. The first-order chi connectivity index (χ1) is 16.6. The van der Waals surface area contributed by atoms with Crippen LogP contribution in [0.1, 0.15) is 29.9 Å². The summed E-state index contributed by atoms with van der Waals surface area (Å²) >= 11 is 1.50. The molecule has 1 amide bonds. The van der Waals surface area contributed by atoms with Crippen molar-refractivity contribution in [3.8, 4) is 16.3 Å². The Bertz CT molecular complexity index is 1270. The van der Waals surface area contributed by atoms with E-state index in [9.17, 15) is 4.79 Å². The average Bonchev–Trinajstić information content (AvgIpc) is 3.35. The average molecular weight is 473 g/mol. The van der Waals surface area contributed by atoms with Gasteiger partial charge in [0.1, 0.15) is 16.5 Å². The van der Waals surface area contributed by atoms with E-state index >= 15 is 0 Å². The number of para-hydroxylation sites is 1. The van der Waals surface area contributed by atoms with Crippen molar-refractivity contribution in [1.29, 1.82) is 0 Å². The number of hydrogen-bond acceptors (Lipinski definition) is 6. The van der Waals surface area contributed by atoms with Crippen molar-refractivity contribution >= 4 is 28.1 Å². The SMILES string of the molecule is CC(C)Oc1ccc(-c2nc(C(=O)N3CCN(Cc4cccc5cccnc45)CC3)cs2)cc1. The molecule has 5 rings (SSSR count). The molecule has 174 valence electrons. The maximum atomic E-state index is 13.1. The summed E-state index contributed by atoms with van der Waals surface area (Å²) in [6, 6.07) is 18.3. The molecule has 0 radical (unpaired) electrons. The van der Waals surface area contributed by atoms with Gasteiger partial charge in [0.25, 0.3) is 5.91 Å². The van der Waals surface area contributed by atoms with Crippen LogP contribution < -0.4 is 4.74 Å². The van der Waals surface area contributed by atoms with Gasteiger partial charge in [-0.05, 0) is 49.7 Å². The second-order valence-corrected chi connectivity index (χ2v) is 9.65. The summed E-state index contributed by atoms with van der Waals surface area (Å²) in [4.78, 5) is 26.6. The van der Waals surface area contributed by atoms with E-state index < -0.39 is 0 Å². The molecular formula is C27H28N4O2S. The van der Waals surface area contributed by atoms with Crippen molar-refractivity contribution in [2.24, 2.45) is 0 Å². The van der Waals surface area contributed by atoms with E-state index in [0.717, 1.165) is 46.9 Å². The van der Waals surface area contributed by atoms with E-state index in [1.165, 1.54) is 16.9 Å². The standard InChI is InChI=1S/C27H28N4O2S/c1-19(2)33-23-10-8-21(9-11-23)26-29-24(18-34-26)27(32)31-15-13-30(14-16-31)17-22-6-3-5-20-7-4-12-28-25(20)22/h3-12,18-19H,13-17H2,1-2H3. The van der Waals surface area contributed by atoms with Crippen molar-refractivity contribution in [3.05, 3.63) is 77.4 Å². The Balaban J connectivity index is 1.20. The molecule has 2 aromatic carbocycles. The summed E-state index contributed by atoms with van der Waals surface area (Å²) in [5.74, 6) is 0.845. The lowest BCUT2D eigenvalue weighted by atomic mass is 10.1. The molecule has 34 heavy (non-hydrogen) atoms. The zero-order valence-electron chi connectivity index (χ0n) is 19.5. The molecule has 7 heteroatoms. The van der Waals surface area contributed by atoms with E-state index in [2.05, 4.69) is 39.1 Å². The van der Waals surface area contributed by atoms with Gasteiger partial charge in [0, 0.05) is 55.3 Å². The van der Waals surface area contributed by atoms with Crippen molar-refractivity contribution in [3.63, 3.8) is 0 Å². The van der Waals surface area contributed by atoms with E-state index in [1.54, 1.807) is 0 Å². The number of thiazole rings is 1. The highest BCUT2D eigenvalue weighted by atomic mass is 32.1. The van der Waals surface area contributed by atoms with Gasteiger partial charge in [-0.25, -0.2) is 4.98 Å². The number of rotatable bonds is 6. The Labute approximate surface area is 203 Å². The van der Waals surface area contributed by atoms with Gasteiger partial charge in [-0.1, -0.05) is 24.3 Å². The Hall–Kier alpha value is -3.29. The predicted octanol–water partition coefficient (Wildman–Crippen LogP) is 5.10. The highest BCUT2D eigenvalue weighted by molar-refractivity contribution is 7.13. The Morgan fingerprint density at radius 2 is 1.79 bits per heavy atom. The first-order valence-electron chi connectivity index (χ1n) is 11.6. The molecule has 1 aliphatic rings. The van der Waals surface area contributed by atoms with E-state index in [4.69, 9.17) is 4.74 Å². The van der Waals surface area contributed by atoms with Gasteiger partial charge in [0.05, 0.1) is 11.6 Å². The molecule has 0 unspecified atom stereocenters. The first kappa shape index (κ1) is 22.5. The molecule has 1 fully saturated rings. The summed E-state index contributed by atoms with van der Waals surface area (Å²) in [7, 11) is 0. The number of pyridine rings is 1. The van der Waals surface area contributed by atoms with Crippen LogP contribution in [0.3, 0.4) is 0 Å². The lowest BCUT2D eigenvalue weighted by molar-refractivity contribution is 0.0624. The van der Waals surface area contributed by atoms with Crippen LogP contribution in [0.25, 0.3) is 21.5 Å².